The molecule has 0 spiro atoms. The molecule has 0 radical (unpaired) electrons. The van der Waals surface area contributed by atoms with Crippen molar-refractivity contribution in [2.75, 3.05) is 11.9 Å². The molecule has 0 aromatic heterocycles. The highest BCUT2D eigenvalue weighted by atomic mass is 35.5. The summed E-state index contributed by atoms with van der Waals surface area (Å²) in [5.41, 5.74) is 4.63. The van der Waals surface area contributed by atoms with Gasteiger partial charge in [0, 0.05) is 35.4 Å². The van der Waals surface area contributed by atoms with Gasteiger partial charge in [0.2, 0.25) is 0 Å². The fourth-order valence-corrected chi connectivity index (χ4v) is 4.39. The van der Waals surface area contributed by atoms with Gasteiger partial charge in [0.15, 0.2) is 5.78 Å². The molecule has 4 rings (SSSR count). The molecule has 2 amide bonds. The number of anilines is 1. The summed E-state index contributed by atoms with van der Waals surface area (Å²) in [5.74, 6) is -0.313. The molecule has 1 heterocycles. The van der Waals surface area contributed by atoms with E-state index in [0.29, 0.717) is 53.9 Å². The number of carbonyl (C=O) groups is 3. The van der Waals surface area contributed by atoms with Gasteiger partial charge >= 0.3 is 0 Å². The van der Waals surface area contributed by atoms with Crippen LogP contribution >= 0.6 is 11.6 Å². The van der Waals surface area contributed by atoms with E-state index < -0.39 is 0 Å². The van der Waals surface area contributed by atoms with Gasteiger partial charge in [0.1, 0.15) is 0 Å². The molecule has 1 aliphatic carbocycles. The maximum atomic E-state index is 13.4. The summed E-state index contributed by atoms with van der Waals surface area (Å²) >= 11 is 6.23. The lowest BCUT2D eigenvalue weighted by Gasteiger charge is -2.27. The van der Waals surface area contributed by atoms with Crippen molar-refractivity contribution in [3.05, 3.63) is 88.1 Å². The second-order valence-electron chi connectivity index (χ2n) is 8.20. The minimum absolute atomic E-state index is 0.0305. The number of Topliss-reactive ketones (excluding diaryl/α,β-unsaturated/α-hetero) is 1. The number of benzene rings is 2. The molecule has 0 saturated carbocycles. The quantitative estimate of drug-likeness (QED) is 0.657. The molecule has 2 aliphatic rings. The van der Waals surface area contributed by atoms with Crippen LogP contribution in [0.5, 0.6) is 0 Å². The van der Waals surface area contributed by atoms with Crippen molar-refractivity contribution >= 4 is 34.9 Å². The molecule has 1 aliphatic heterocycles. The molecule has 1 saturated heterocycles. The molecule has 1 N–H and O–H groups in total. The Labute approximate surface area is 192 Å². The highest BCUT2D eigenvalue weighted by Crippen LogP contribution is 2.31. The summed E-state index contributed by atoms with van der Waals surface area (Å²) in [4.78, 5) is 40.3. The van der Waals surface area contributed by atoms with E-state index in [1.807, 2.05) is 38.1 Å². The van der Waals surface area contributed by atoms with E-state index in [4.69, 9.17) is 11.6 Å². The summed E-state index contributed by atoms with van der Waals surface area (Å²) in [6.45, 7) is 4.22. The van der Waals surface area contributed by atoms with Crippen molar-refractivity contribution in [1.82, 2.24) is 4.90 Å². The Balaban J connectivity index is 1.57. The molecule has 32 heavy (non-hydrogen) atoms. The first-order valence-corrected chi connectivity index (χ1v) is 11.2. The molecule has 1 fully saturated rings. The number of allylic oxidation sites excluding steroid dienone is 3. The van der Waals surface area contributed by atoms with Crippen LogP contribution in [0.25, 0.3) is 0 Å². The van der Waals surface area contributed by atoms with Crippen molar-refractivity contribution in [3.8, 4) is 0 Å². The Morgan fingerprint density at radius 3 is 2.59 bits per heavy atom. The average molecular weight is 449 g/mol. The van der Waals surface area contributed by atoms with Gasteiger partial charge < -0.3 is 10.2 Å². The summed E-state index contributed by atoms with van der Waals surface area (Å²) in [6.07, 6.45) is 5.25. The normalized spacial score (nSPS) is 18.3. The van der Waals surface area contributed by atoms with E-state index in [9.17, 15) is 14.4 Å². The first kappa shape index (κ1) is 22.0. The first-order valence-electron chi connectivity index (χ1n) is 10.7. The van der Waals surface area contributed by atoms with Crippen LogP contribution < -0.4 is 5.32 Å². The lowest BCUT2D eigenvalue weighted by Crippen LogP contribution is -2.33. The maximum Gasteiger partial charge on any atom is 0.258 e. The number of hydrogen-bond donors (Lipinski definition) is 1. The van der Waals surface area contributed by atoms with Crippen LogP contribution in [0.4, 0.5) is 5.69 Å². The lowest BCUT2D eigenvalue weighted by atomic mass is 9.97. The van der Waals surface area contributed by atoms with E-state index in [-0.39, 0.29) is 23.0 Å². The Morgan fingerprint density at radius 2 is 1.84 bits per heavy atom. The molecular weight excluding hydrogens is 424 g/mol. The van der Waals surface area contributed by atoms with Gasteiger partial charge in [-0.15, -0.1) is 11.6 Å². The molecule has 6 heteroatoms. The number of hydrogen-bond acceptors (Lipinski definition) is 3. The number of aryl methyl sites for hydroxylation is 2. The largest absolute Gasteiger partial charge is 0.322 e. The fourth-order valence-electron chi connectivity index (χ4n) is 4.18. The third-order valence-corrected chi connectivity index (χ3v) is 6.19. The number of halogens is 1. The monoisotopic (exact) mass is 448 g/mol. The Morgan fingerprint density at radius 1 is 1.06 bits per heavy atom. The zero-order valence-corrected chi connectivity index (χ0v) is 18.9. The highest BCUT2D eigenvalue weighted by molar-refractivity contribution is 6.22. The van der Waals surface area contributed by atoms with Crippen LogP contribution in [-0.2, 0) is 4.79 Å². The van der Waals surface area contributed by atoms with E-state index >= 15 is 0 Å². The third-order valence-electron chi connectivity index (χ3n) is 5.89. The van der Waals surface area contributed by atoms with E-state index in [1.165, 1.54) is 0 Å². The predicted molar refractivity (Wildman–Crippen MR) is 126 cm³/mol. The summed E-state index contributed by atoms with van der Waals surface area (Å²) in [6, 6.07) is 12.7. The van der Waals surface area contributed by atoms with Crippen LogP contribution in [0.15, 0.2) is 65.9 Å². The number of nitrogens with one attached hydrogen (secondary N) is 1. The van der Waals surface area contributed by atoms with Gasteiger partial charge in [-0.25, -0.2) is 0 Å². The second kappa shape index (κ2) is 9.13. The van der Waals surface area contributed by atoms with Crippen LogP contribution in [0.3, 0.4) is 0 Å². The second-order valence-corrected chi connectivity index (χ2v) is 8.76. The lowest BCUT2D eigenvalue weighted by molar-refractivity contribution is -0.115. The fraction of sp³-hybridized carbons (Fsp3) is 0.269. The molecular formula is C26H25ClN2O3. The van der Waals surface area contributed by atoms with Gasteiger partial charge in [-0.3, -0.25) is 14.4 Å². The van der Waals surface area contributed by atoms with E-state index in [2.05, 4.69) is 5.32 Å². The van der Waals surface area contributed by atoms with Gasteiger partial charge in [-0.2, -0.15) is 0 Å². The summed E-state index contributed by atoms with van der Waals surface area (Å²) < 4.78 is 0. The molecule has 1 unspecified atom stereocenters. The highest BCUT2D eigenvalue weighted by Gasteiger charge is 2.31. The zero-order valence-electron chi connectivity index (χ0n) is 18.2. The smallest absolute Gasteiger partial charge is 0.258 e. The standard InChI is InChI=1S/C26H25ClN2O3/c1-16-6-3-4-7-20(16)25(31)28-19-10-11-21(17(2)14-19)26(32)29-13-5-8-24(30)22-15-18(27)9-12-23(22)29/h3-4,6-7,10-12,14-15,18H,5,8-9,13H2,1-2H3,(H,28,31). The van der Waals surface area contributed by atoms with Crippen LogP contribution in [0, 0.1) is 13.8 Å². The van der Waals surface area contributed by atoms with Crippen LogP contribution in [-0.4, -0.2) is 34.4 Å². The molecule has 2 aromatic rings. The number of likely N-dealkylation sites (tertiary alicyclic amines) is 1. The topological polar surface area (TPSA) is 66.5 Å². The predicted octanol–water partition coefficient (Wildman–Crippen LogP) is 5.18. The van der Waals surface area contributed by atoms with E-state index in [0.717, 1.165) is 11.1 Å². The van der Waals surface area contributed by atoms with Crippen molar-refractivity contribution in [2.45, 2.75) is 38.5 Å². The molecule has 0 bridgehead atoms. The molecule has 1 atom stereocenters. The number of carbonyl (C=O) groups excluding carboxylic acids is 3. The Kier molecular flexibility index (Phi) is 6.28. The number of fused-ring (bicyclic) bond motifs is 1. The minimum atomic E-state index is -0.231. The number of alkyl halides is 1. The van der Waals surface area contributed by atoms with Crippen molar-refractivity contribution in [2.24, 2.45) is 0 Å². The SMILES string of the molecule is Cc1ccccc1C(=O)Nc1ccc(C(=O)N2CCCC(=O)C3=CC(Cl)CC=C32)c(C)c1. The zero-order chi connectivity index (χ0) is 22.8. The van der Waals surface area contributed by atoms with Crippen molar-refractivity contribution < 1.29 is 14.4 Å². The van der Waals surface area contributed by atoms with Crippen LogP contribution in [0.1, 0.15) is 51.1 Å². The Bertz CT molecular complexity index is 1170. The average Bonchev–Trinajstić information content (AvgIpc) is 2.92. The van der Waals surface area contributed by atoms with Gasteiger partial charge in [0.05, 0.1) is 11.1 Å². The maximum absolute atomic E-state index is 13.4. The molecule has 5 nitrogen and oxygen atoms in total. The summed E-state index contributed by atoms with van der Waals surface area (Å²) in [7, 11) is 0. The van der Waals surface area contributed by atoms with Gasteiger partial charge in [-0.1, -0.05) is 30.4 Å². The minimum Gasteiger partial charge on any atom is -0.322 e. The van der Waals surface area contributed by atoms with Crippen molar-refractivity contribution in [3.63, 3.8) is 0 Å². The number of amides is 2. The third kappa shape index (κ3) is 4.39. The Hall–Kier alpha value is -3.18. The van der Waals surface area contributed by atoms with Crippen molar-refractivity contribution in [1.29, 1.82) is 0 Å². The number of nitrogens with zero attached hydrogens (tertiary/aromatic N) is 1. The van der Waals surface area contributed by atoms with E-state index in [1.54, 1.807) is 35.2 Å². The summed E-state index contributed by atoms with van der Waals surface area (Å²) in [5, 5.41) is 2.68. The van der Waals surface area contributed by atoms with Gasteiger partial charge in [0.25, 0.3) is 11.8 Å². The van der Waals surface area contributed by atoms with Gasteiger partial charge in [-0.05, 0) is 62.1 Å². The first-order chi connectivity index (χ1) is 15.3. The molecule has 164 valence electrons. The number of ketones is 1. The van der Waals surface area contributed by atoms with Crippen LogP contribution in [0.2, 0.25) is 0 Å². The number of rotatable bonds is 3. The molecule has 2 aromatic carbocycles.